The summed E-state index contributed by atoms with van der Waals surface area (Å²) in [7, 11) is 0.622. The van der Waals surface area contributed by atoms with Crippen LogP contribution in [0.2, 0.25) is 0 Å². The summed E-state index contributed by atoms with van der Waals surface area (Å²) in [6.45, 7) is 9.35. The molecule has 0 amide bonds. The van der Waals surface area contributed by atoms with Crippen LogP contribution in [0.1, 0.15) is 297 Å². The SMILES string of the molecule is CCCCCCCCCCCCCCPC(CCCCCCCCCCCCCCCC(CCCCCC)(CCCCCC)CCCCCC)C(=O)O. The van der Waals surface area contributed by atoms with Crippen LogP contribution in [0.15, 0.2) is 0 Å². The first-order valence-electron chi connectivity index (χ1n) is 25.0. The molecule has 0 heterocycles. The van der Waals surface area contributed by atoms with Crippen molar-refractivity contribution in [2.45, 2.75) is 303 Å². The Morgan fingerprint density at radius 2 is 0.623 bits per heavy atom. The number of unbranched alkanes of at least 4 members (excludes halogenated alkanes) is 32. The van der Waals surface area contributed by atoms with Crippen molar-refractivity contribution in [2.24, 2.45) is 5.41 Å². The summed E-state index contributed by atoms with van der Waals surface area (Å²) >= 11 is 0. The minimum Gasteiger partial charge on any atom is -0.481 e. The molecular weight excluding hydrogens is 664 g/mol. The molecule has 0 aromatic heterocycles. The van der Waals surface area contributed by atoms with Crippen LogP contribution in [-0.4, -0.2) is 22.9 Å². The first kappa shape index (κ1) is 52.9. The highest BCUT2D eigenvalue weighted by Crippen LogP contribution is 2.42. The van der Waals surface area contributed by atoms with Crippen molar-refractivity contribution in [3.63, 3.8) is 0 Å². The van der Waals surface area contributed by atoms with E-state index in [1.165, 1.54) is 257 Å². The molecule has 0 rings (SSSR count). The average molecular weight is 765 g/mol. The van der Waals surface area contributed by atoms with Gasteiger partial charge in [-0.3, -0.25) is 4.79 Å². The summed E-state index contributed by atoms with van der Waals surface area (Å²) in [5.41, 5.74) is 0.575. The molecule has 0 aliphatic carbocycles. The molecule has 2 nitrogen and oxygen atoms in total. The minimum absolute atomic E-state index is 0.0769. The largest absolute Gasteiger partial charge is 0.481 e. The molecule has 0 aliphatic heterocycles. The second kappa shape index (κ2) is 43.0. The number of carbonyl (C=O) groups is 1. The maximum Gasteiger partial charge on any atom is 0.310 e. The van der Waals surface area contributed by atoms with Crippen molar-refractivity contribution in [3.05, 3.63) is 0 Å². The zero-order valence-electron chi connectivity index (χ0n) is 37.3. The minimum atomic E-state index is -0.538. The lowest BCUT2D eigenvalue weighted by molar-refractivity contribution is -0.136. The van der Waals surface area contributed by atoms with Crippen molar-refractivity contribution in [1.29, 1.82) is 0 Å². The molecule has 53 heavy (non-hydrogen) atoms. The van der Waals surface area contributed by atoms with Gasteiger partial charge in [-0.05, 0) is 50.1 Å². The molecule has 0 aromatic carbocycles. The topological polar surface area (TPSA) is 37.3 Å². The van der Waals surface area contributed by atoms with Crippen LogP contribution in [0.5, 0.6) is 0 Å². The van der Waals surface area contributed by atoms with Gasteiger partial charge in [0.15, 0.2) is 0 Å². The first-order chi connectivity index (χ1) is 26.0. The molecule has 2 atom stereocenters. The summed E-state index contributed by atoms with van der Waals surface area (Å²) in [6.07, 6.45) is 59.6. The molecule has 0 aliphatic rings. The zero-order chi connectivity index (χ0) is 38.8. The second-order valence-electron chi connectivity index (χ2n) is 17.8. The standard InChI is InChI=1S/C50H101O2P/c1-5-9-13-17-18-19-20-26-29-32-35-41-47-53-48(49(51)52)42-36-33-30-27-24-22-21-23-25-28-31-34-40-46-50(43-37-14-10-6-2,44-38-15-11-7-3)45-39-16-12-8-4/h48,53H,5-47H2,1-4H3,(H,51,52). The third-order valence-electron chi connectivity index (χ3n) is 12.6. The fraction of sp³-hybridized carbons (Fsp3) is 0.980. The van der Waals surface area contributed by atoms with Gasteiger partial charge in [0, 0.05) is 0 Å². The van der Waals surface area contributed by atoms with Crippen LogP contribution in [0.25, 0.3) is 0 Å². The van der Waals surface area contributed by atoms with E-state index in [1.54, 1.807) is 0 Å². The molecule has 0 spiro atoms. The Morgan fingerprint density at radius 3 is 0.925 bits per heavy atom. The third-order valence-corrected chi connectivity index (χ3v) is 14.3. The van der Waals surface area contributed by atoms with Crippen LogP contribution in [0, 0.1) is 5.41 Å². The number of hydrogen-bond acceptors (Lipinski definition) is 1. The molecule has 1 N–H and O–H groups in total. The zero-order valence-corrected chi connectivity index (χ0v) is 38.3. The van der Waals surface area contributed by atoms with Gasteiger partial charge in [-0.25, -0.2) is 0 Å². The lowest BCUT2D eigenvalue weighted by atomic mass is 9.70. The number of hydrogen-bond donors (Lipinski definition) is 1. The normalized spacial score (nSPS) is 12.8. The number of rotatable bonds is 46. The van der Waals surface area contributed by atoms with E-state index in [0.29, 0.717) is 14.0 Å². The van der Waals surface area contributed by atoms with Gasteiger partial charge in [0.2, 0.25) is 0 Å². The number of aliphatic carboxylic acids is 1. The van der Waals surface area contributed by atoms with Crippen LogP contribution < -0.4 is 0 Å². The quantitative estimate of drug-likeness (QED) is 0.0495. The van der Waals surface area contributed by atoms with Crippen LogP contribution in [0.4, 0.5) is 0 Å². The van der Waals surface area contributed by atoms with Crippen LogP contribution in [0.3, 0.4) is 0 Å². The predicted molar refractivity (Wildman–Crippen MR) is 244 cm³/mol. The smallest absolute Gasteiger partial charge is 0.310 e. The van der Waals surface area contributed by atoms with E-state index in [2.05, 4.69) is 27.7 Å². The van der Waals surface area contributed by atoms with E-state index in [1.807, 2.05) is 0 Å². The Bertz CT molecular complexity index is 676. The van der Waals surface area contributed by atoms with Crippen molar-refractivity contribution < 1.29 is 9.90 Å². The van der Waals surface area contributed by atoms with Gasteiger partial charge in [0.05, 0.1) is 5.66 Å². The fourth-order valence-corrected chi connectivity index (χ4v) is 10.3. The molecular formula is C50H101O2P. The summed E-state index contributed by atoms with van der Waals surface area (Å²) in [4.78, 5) is 11.8. The maximum absolute atomic E-state index is 11.8. The van der Waals surface area contributed by atoms with E-state index < -0.39 is 5.97 Å². The van der Waals surface area contributed by atoms with E-state index in [9.17, 15) is 9.90 Å². The number of carboxylic acids is 1. The number of carboxylic acid groups (broad SMARTS) is 1. The highest BCUT2D eigenvalue weighted by molar-refractivity contribution is 7.40. The Balaban J connectivity index is 3.92. The van der Waals surface area contributed by atoms with Gasteiger partial charge < -0.3 is 5.11 Å². The van der Waals surface area contributed by atoms with Crippen LogP contribution >= 0.6 is 8.58 Å². The summed E-state index contributed by atoms with van der Waals surface area (Å²) in [5, 5.41) is 9.74. The van der Waals surface area contributed by atoms with E-state index in [4.69, 9.17) is 0 Å². The lowest BCUT2D eigenvalue weighted by Crippen LogP contribution is -2.21. The van der Waals surface area contributed by atoms with Gasteiger partial charge in [0.1, 0.15) is 0 Å². The Morgan fingerprint density at radius 1 is 0.377 bits per heavy atom. The first-order valence-corrected chi connectivity index (χ1v) is 26.3. The van der Waals surface area contributed by atoms with Gasteiger partial charge in [0.25, 0.3) is 0 Å². The molecule has 0 fully saturated rings. The van der Waals surface area contributed by atoms with Gasteiger partial charge >= 0.3 is 5.97 Å². The van der Waals surface area contributed by atoms with Gasteiger partial charge in [-0.2, -0.15) is 0 Å². The van der Waals surface area contributed by atoms with Crippen molar-refractivity contribution in [3.8, 4) is 0 Å². The highest BCUT2D eigenvalue weighted by atomic mass is 31.1. The highest BCUT2D eigenvalue weighted by Gasteiger charge is 2.28. The van der Waals surface area contributed by atoms with Crippen molar-refractivity contribution in [2.75, 3.05) is 6.16 Å². The van der Waals surface area contributed by atoms with E-state index >= 15 is 0 Å². The molecule has 0 radical (unpaired) electrons. The van der Waals surface area contributed by atoms with Crippen molar-refractivity contribution in [1.82, 2.24) is 0 Å². The molecule has 2 unspecified atom stereocenters. The summed E-state index contributed by atoms with van der Waals surface area (Å²) in [6, 6.07) is 0. The molecule has 0 saturated carbocycles. The van der Waals surface area contributed by atoms with Gasteiger partial charge in [-0.15, -0.1) is 8.58 Å². The molecule has 3 heteroatoms. The summed E-state index contributed by atoms with van der Waals surface area (Å²) < 4.78 is 0. The lowest BCUT2D eigenvalue weighted by Gasteiger charge is -2.35. The third kappa shape index (κ3) is 37.3. The second-order valence-corrected chi connectivity index (χ2v) is 19.4. The maximum atomic E-state index is 11.8. The Hall–Kier alpha value is -0.100. The molecule has 0 aromatic rings. The molecule has 318 valence electrons. The van der Waals surface area contributed by atoms with Crippen molar-refractivity contribution >= 4 is 14.6 Å². The summed E-state index contributed by atoms with van der Waals surface area (Å²) in [5.74, 6) is -0.538. The molecule has 0 bridgehead atoms. The fourth-order valence-electron chi connectivity index (χ4n) is 8.88. The Labute approximate surface area is 337 Å². The monoisotopic (exact) mass is 765 g/mol. The van der Waals surface area contributed by atoms with Gasteiger partial charge in [-0.1, -0.05) is 259 Å². The van der Waals surface area contributed by atoms with Crippen LogP contribution in [-0.2, 0) is 4.79 Å². The average Bonchev–Trinajstić information content (AvgIpc) is 3.16. The van der Waals surface area contributed by atoms with E-state index in [0.717, 1.165) is 19.0 Å². The Kier molecular flexibility index (Phi) is 42.9. The predicted octanol–water partition coefficient (Wildman–Crippen LogP) is 18.6. The van der Waals surface area contributed by atoms with E-state index in [-0.39, 0.29) is 5.66 Å². The molecule has 0 saturated heterocycles.